The number of unbranched alkanes of at least 4 members (excludes halogenated alkanes) is 1. The maximum absolute atomic E-state index is 12.1. The molecule has 0 saturated carbocycles. The van der Waals surface area contributed by atoms with Gasteiger partial charge >= 0.3 is 6.09 Å². The van der Waals surface area contributed by atoms with E-state index < -0.39 is 5.60 Å². The first-order valence-corrected chi connectivity index (χ1v) is 7.55. The zero-order valence-electron chi connectivity index (χ0n) is 13.4. The average Bonchev–Trinajstić information content (AvgIpc) is 2.78. The molecule has 0 N–H and O–H groups in total. The molecule has 1 unspecified atom stereocenters. The molecule has 4 heteroatoms. The predicted molar refractivity (Wildman–Crippen MR) is 80.8 cm³/mol. The summed E-state index contributed by atoms with van der Waals surface area (Å²) < 4.78 is 11.5. The fourth-order valence-electron chi connectivity index (χ4n) is 2.35. The van der Waals surface area contributed by atoms with Gasteiger partial charge in [0.05, 0.1) is 12.1 Å². The molecule has 4 nitrogen and oxygen atoms in total. The van der Waals surface area contributed by atoms with Gasteiger partial charge in [-0.2, -0.15) is 0 Å². The second-order valence-corrected chi connectivity index (χ2v) is 6.47. The molecule has 0 aliphatic carbocycles. The fraction of sp³-hybridized carbons (Fsp3) is 0.812. The summed E-state index contributed by atoms with van der Waals surface area (Å²) in [6.07, 6.45) is 5.43. The van der Waals surface area contributed by atoms with E-state index in [1.54, 1.807) is 4.90 Å². The Kier molecular flexibility index (Phi) is 6.06. The third-order valence-corrected chi connectivity index (χ3v) is 3.57. The van der Waals surface area contributed by atoms with Crippen LogP contribution in [0.3, 0.4) is 0 Å². The smallest absolute Gasteiger partial charge is 0.410 e. The van der Waals surface area contributed by atoms with Crippen LogP contribution in [0.2, 0.25) is 0 Å². The van der Waals surface area contributed by atoms with Crippen molar-refractivity contribution in [3.8, 4) is 0 Å². The van der Waals surface area contributed by atoms with Gasteiger partial charge in [0.2, 0.25) is 0 Å². The number of allylic oxidation sites excluding steroid dienone is 1. The van der Waals surface area contributed by atoms with Gasteiger partial charge in [0, 0.05) is 13.2 Å². The molecule has 0 aromatic rings. The van der Waals surface area contributed by atoms with E-state index in [1.807, 2.05) is 26.8 Å². The van der Waals surface area contributed by atoms with E-state index in [-0.39, 0.29) is 11.7 Å². The first-order chi connectivity index (χ1) is 9.32. The molecule has 0 spiro atoms. The maximum atomic E-state index is 12.1. The van der Waals surface area contributed by atoms with Crippen molar-refractivity contribution in [2.24, 2.45) is 0 Å². The van der Waals surface area contributed by atoms with E-state index in [4.69, 9.17) is 9.47 Å². The van der Waals surface area contributed by atoms with Gasteiger partial charge in [-0.25, -0.2) is 4.79 Å². The number of nitrogens with zero attached hydrogens (tertiary/aromatic N) is 1. The normalized spacial score (nSPS) is 22.9. The molecule has 20 heavy (non-hydrogen) atoms. The number of carbonyl (C=O) groups excluding carboxylic acids is 1. The Morgan fingerprint density at radius 2 is 2.15 bits per heavy atom. The molecule has 1 aliphatic rings. The first kappa shape index (κ1) is 17.0. The predicted octanol–water partition coefficient (Wildman–Crippen LogP) is 3.76. The molecule has 0 bridgehead atoms. The van der Waals surface area contributed by atoms with E-state index in [0.29, 0.717) is 13.1 Å². The Labute approximate surface area is 123 Å². The van der Waals surface area contributed by atoms with Gasteiger partial charge in [0.25, 0.3) is 0 Å². The molecule has 0 aromatic carbocycles. The minimum Gasteiger partial charge on any atom is -0.444 e. The summed E-state index contributed by atoms with van der Waals surface area (Å²) in [5.74, 6) is 0. The molecule has 0 radical (unpaired) electrons. The van der Waals surface area contributed by atoms with E-state index in [2.05, 4.69) is 13.5 Å². The van der Waals surface area contributed by atoms with Gasteiger partial charge in [-0.1, -0.05) is 13.0 Å². The monoisotopic (exact) mass is 283 g/mol. The van der Waals surface area contributed by atoms with E-state index in [1.165, 1.54) is 0 Å². The summed E-state index contributed by atoms with van der Waals surface area (Å²) in [6.45, 7) is 13.6. The molecular formula is C16H29NO3. The number of ether oxygens (including phenoxy) is 2. The highest BCUT2D eigenvalue weighted by molar-refractivity contribution is 5.68. The van der Waals surface area contributed by atoms with Crippen LogP contribution in [0.5, 0.6) is 0 Å². The average molecular weight is 283 g/mol. The SMILES string of the molecule is C=CCCCOC1(CC)CCN(C(=O)OC(C)(C)C)C1. The highest BCUT2D eigenvalue weighted by Crippen LogP contribution is 2.30. The Morgan fingerprint density at radius 1 is 1.45 bits per heavy atom. The second kappa shape index (κ2) is 7.11. The number of rotatable bonds is 6. The number of hydrogen-bond donors (Lipinski definition) is 0. The van der Waals surface area contributed by atoms with E-state index >= 15 is 0 Å². The summed E-state index contributed by atoms with van der Waals surface area (Å²) in [5.41, 5.74) is -0.641. The molecule has 1 heterocycles. The van der Waals surface area contributed by atoms with Gasteiger partial charge in [0.15, 0.2) is 0 Å². The van der Waals surface area contributed by atoms with Crippen LogP contribution in [0, 0.1) is 0 Å². The van der Waals surface area contributed by atoms with Crippen LogP contribution in [-0.4, -0.2) is 41.9 Å². The molecule has 1 rings (SSSR count). The Hall–Kier alpha value is -1.03. The third-order valence-electron chi connectivity index (χ3n) is 3.57. The van der Waals surface area contributed by atoms with Crippen LogP contribution in [0.1, 0.15) is 53.4 Å². The number of hydrogen-bond acceptors (Lipinski definition) is 3. The van der Waals surface area contributed by atoms with Crippen molar-refractivity contribution >= 4 is 6.09 Å². The van der Waals surface area contributed by atoms with E-state index in [0.717, 1.165) is 32.3 Å². The number of carbonyl (C=O) groups is 1. The number of likely N-dealkylation sites (tertiary alicyclic amines) is 1. The van der Waals surface area contributed by atoms with Gasteiger partial charge in [0.1, 0.15) is 5.60 Å². The van der Waals surface area contributed by atoms with Crippen LogP contribution in [0.4, 0.5) is 4.79 Å². The Balaban J connectivity index is 2.49. The van der Waals surface area contributed by atoms with Crippen LogP contribution < -0.4 is 0 Å². The lowest BCUT2D eigenvalue weighted by molar-refractivity contribution is -0.0430. The van der Waals surface area contributed by atoms with E-state index in [9.17, 15) is 4.79 Å². The molecule has 1 atom stereocenters. The molecule has 116 valence electrons. The second-order valence-electron chi connectivity index (χ2n) is 6.47. The summed E-state index contributed by atoms with van der Waals surface area (Å²) in [7, 11) is 0. The summed E-state index contributed by atoms with van der Waals surface area (Å²) in [6, 6.07) is 0. The maximum Gasteiger partial charge on any atom is 0.410 e. The lowest BCUT2D eigenvalue weighted by Crippen LogP contribution is -2.40. The summed E-state index contributed by atoms with van der Waals surface area (Å²) in [4.78, 5) is 13.8. The van der Waals surface area contributed by atoms with Crippen molar-refractivity contribution < 1.29 is 14.3 Å². The molecule has 1 fully saturated rings. The van der Waals surface area contributed by atoms with Crippen LogP contribution in [0.15, 0.2) is 12.7 Å². The van der Waals surface area contributed by atoms with Crippen molar-refractivity contribution in [2.45, 2.75) is 64.6 Å². The van der Waals surface area contributed by atoms with Crippen molar-refractivity contribution in [1.82, 2.24) is 4.90 Å². The minimum absolute atomic E-state index is 0.196. The van der Waals surface area contributed by atoms with Gasteiger partial charge in [-0.15, -0.1) is 6.58 Å². The zero-order valence-corrected chi connectivity index (χ0v) is 13.4. The first-order valence-electron chi connectivity index (χ1n) is 7.55. The fourth-order valence-corrected chi connectivity index (χ4v) is 2.35. The molecule has 1 amide bonds. The van der Waals surface area contributed by atoms with Crippen molar-refractivity contribution in [3.63, 3.8) is 0 Å². The summed E-state index contributed by atoms with van der Waals surface area (Å²) in [5, 5.41) is 0. The topological polar surface area (TPSA) is 38.8 Å². The van der Waals surface area contributed by atoms with Gasteiger partial charge in [-0.05, 0) is 46.5 Å². The largest absolute Gasteiger partial charge is 0.444 e. The number of amides is 1. The molecule has 1 saturated heterocycles. The summed E-state index contributed by atoms with van der Waals surface area (Å²) >= 11 is 0. The third kappa shape index (κ3) is 5.16. The highest BCUT2D eigenvalue weighted by Gasteiger charge is 2.40. The molecule has 0 aromatic heterocycles. The lowest BCUT2D eigenvalue weighted by atomic mass is 10.00. The van der Waals surface area contributed by atoms with Crippen LogP contribution in [0.25, 0.3) is 0 Å². The van der Waals surface area contributed by atoms with Gasteiger partial charge < -0.3 is 14.4 Å². The standard InChI is InChI=1S/C16H29NO3/c1-6-8-9-12-19-16(7-2)10-11-17(13-16)14(18)20-15(3,4)5/h6H,1,7-13H2,2-5H3. The zero-order chi connectivity index (χ0) is 15.2. The van der Waals surface area contributed by atoms with Crippen molar-refractivity contribution in [3.05, 3.63) is 12.7 Å². The lowest BCUT2D eigenvalue weighted by Gasteiger charge is -2.29. The minimum atomic E-state index is -0.445. The molecular weight excluding hydrogens is 254 g/mol. The van der Waals surface area contributed by atoms with Crippen molar-refractivity contribution in [1.29, 1.82) is 0 Å². The van der Waals surface area contributed by atoms with Crippen LogP contribution >= 0.6 is 0 Å². The Bertz CT molecular complexity index is 335. The Morgan fingerprint density at radius 3 is 2.70 bits per heavy atom. The van der Waals surface area contributed by atoms with Crippen LogP contribution in [-0.2, 0) is 9.47 Å². The van der Waals surface area contributed by atoms with Crippen molar-refractivity contribution in [2.75, 3.05) is 19.7 Å². The quantitative estimate of drug-likeness (QED) is 0.550. The highest BCUT2D eigenvalue weighted by atomic mass is 16.6. The van der Waals surface area contributed by atoms with Gasteiger partial charge in [-0.3, -0.25) is 0 Å². The molecule has 1 aliphatic heterocycles.